The Balaban J connectivity index is 2.37. The van der Waals surface area contributed by atoms with Crippen LogP contribution in [0.3, 0.4) is 0 Å². The average molecular weight is 281 g/mol. The van der Waals surface area contributed by atoms with Crippen molar-refractivity contribution in [2.45, 2.75) is 0 Å². The summed E-state index contributed by atoms with van der Waals surface area (Å²) in [7, 11) is 0. The van der Waals surface area contributed by atoms with Crippen molar-refractivity contribution in [2.24, 2.45) is 0 Å². The predicted molar refractivity (Wildman–Crippen MR) is 75.6 cm³/mol. The zero-order valence-electron chi connectivity index (χ0n) is 10.1. The van der Waals surface area contributed by atoms with E-state index in [-0.39, 0.29) is 11.3 Å². The Hall–Kier alpha value is -2.96. The van der Waals surface area contributed by atoms with Crippen LogP contribution in [0.1, 0.15) is 4.88 Å². The Morgan fingerprint density at radius 2 is 2.00 bits per heavy atom. The zero-order chi connectivity index (χ0) is 14.5. The van der Waals surface area contributed by atoms with E-state index in [1.54, 1.807) is 30.3 Å². The van der Waals surface area contributed by atoms with Crippen LogP contribution in [0.5, 0.6) is 0 Å². The van der Waals surface area contributed by atoms with Crippen molar-refractivity contribution in [1.29, 1.82) is 10.5 Å². The highest BCUT2D eigenvalue weighted by molar-refractivity contribution is 7.16. The summed E-state index contributed by atoms with van der Waals surface area (Å²) >= 11 is 1.36. The van der Waals surface area contributed by atoms with Gasteiger partial charge in [-0.25, -0.2) is 0 Å². The predicted octanol–water partition coefficient (Wildman–Crippen LogP) is 3.75. The van der Waals surface area contributed by atoms with Crippen molar-refractivity contribution in [3.05, 3.63) is 57.0 Å². The summed E-state index contributed by atoms with van der Waals surface area (Å²) in [6.45, 7) is 0. The molecule has 1 aromatic heterocycles. The SMILES string of the molecule is N#CC(C#N)=Cc1ccc(-c2cccc([N+](=O)[O-])c2)s1. The van der Waals surface area contributed by atoms with Crippen LogP contribution in [-0.2, 0) is 0 Å². The lowest BCUT2D eigenvalue weighted by Crippen LogP contribution is -1.87. The number of nitriles is 2. The first-order valence-corrected chi connectivity index (χ1v) is 6.32. The van der Waals surface area contributed by atoms with Crippen LogP contribution in [0.4, 0.5) is 5.69 Å². The quantitative estimate of drug-likeness (QED) is 0.486. The van der Waals surface area contributed by atoms with Gasteiger partial charge in [-0.15, -0.1) is 11.3 Å². The van der Waals surface area contributed by atoms with E-state index >= 15 is 0 Å². The number of thiophene rings is 1. The van der Waals surface area contributed by atoms with E-state index < -0.39 is 4.92 Å². The van der Waals surface area contributed by atoms with Gasteiger partial charge in [-0.1, -0.05) is 12.1 Å². The molecule has 0 N–H and O–H groups in total. The van der Waals surface area contributed by atoms with Crippen LogP contribution < -0.4 is 0 Å². The maximum absolute atomic E-state index is 10.7. The van der Waals surface area contributed by atoms with Crippen molar-refractivity contribution < 1.29 is 4.92 Å². The van der Waals surface area contributed by atoms with Crippen molar-refractivity contribution >= 4 is 23.1 Å². The van der Waals surface area contributed by atoms with Gasteiger partial charge in [0.25, 0.3) is 5.69 Å². The number of hydrogen-bond donors (Lipinski definition) is 0. The fourth-order valence-electron chi connectivity index (χ4n) is 1.59. The van der Waals surface area contributed by atoms with Crippen molar-refractivity contribution in [2.75, 3.05) is 0 Å². The molecule has 0 saturated carbocycles. The van der Waals surface area contributed by atoms with Crippen LogP contribution in [0, 0.1) is 32.8 Å². The fourth-order valence-corrected chi connectivity index (χ4v) is 2.54. The molecule has 2 aromatic rings. The van der Waals surface area contributed by atoms with Crippen LogP contribution in [0.2, 0.25) is 0 Å². The third-order valence-corrected chi connectivity index (χ3v) is 3.58. The van der Waals surface area contributed by atoms with Gasteiger partial charge in [0.1, 0.15) is 17.7 Å². The molecule has 0 bridgehead atoms. The summed E-state index contributed by atoms with van der Waals surface area (Å²) in [5.41, 5.74) is 0.791. The molecule has 1 heterocycles. The van der Waals surface area contributed by atoms with Gasteiger partial charge in [0.15, 0.2) is 0 Å². The third-order valence-electron chi connectivity index (χ3n) is 2.50. The van der Waals surface area contributed by atoms with E-state index in [1.807, 2.05) is 6.07 Å². The number of nitrogens with zero attached hydrogens (tertiary/aromatic N) is 3. The van der Waals surface area contributed by atoms with Crippen LogP contribution in [0.25, 0.3) is 16.5 Å². The van der Waals surface area contributed by atoms with Gasteiger partial charge >= 0.3 is 0 Å². The summed E-state index contributed by atoms with van der Waals surface area (Å²) in [4.78, 5) is 11.9. The number of rotatable bonds is 3. The Morgan fingerprint density at radius 3 is 2.65 bits per heavy atom. The standard InChI is InChI=1S/C14H7N3O2S/c15-8-10(9-16)6-13-4-5-14(20-13)11-2-1-3-12(7-11)17(18)19/h1-7H. The first-order valence-electron chi connectivity index (χ1n) is 5.50. The number of nitro benzene ring substituents is 1. The molecule has 2 rings (SSSR count). The summed E-state index contributed by atoms with van der Waals surface area (Å²) in [6.07, 6.45) is 1.49. The molecule has 6 heteroatoms. The molecule has 0 fully saturated rings. The largest absolute Gasteiger partial charge is 0.270 e. The minimum atomic E-state index is -0.443. The molecule has 20 heavy (non-hydrogen) atoms. The first kappa shape index (κ1) is 13.5. The maximum atomic E-state index is 10.7. The number of non-ortho nitro benzene ring substituents is 1. The monoisotopic (exact) mass is 281 g/mol. The Labute approximate surface area is 118 Å². The molecule has 0 atom stereocenters. The molecule has 0 spiro atoms. The van der Waals surface area contributed by atoms with Gasteiger partial charge in [0.2, 0.25) is 0 Å². The smallest absolute Gasteiger partial charge is 0.258 e. The molecule has 1 aromatic carbocycles. The summed E-state index contributed by atoms with van der Waals surface area (Å²) in [5.74, 6) is 0. The zero-order valence-corrected chi connectivity index (χ0v) is 10.9. The molecule has 0 radical (unpaired) electrons. The maximum Gasteiger partial charge on any atom is 0.270 e. The first-order chi connectivity index (χ1) is 9.63. The van der Waals surface area contributed by atoms with Gasteiger partial charge in [-0.2, -0.15) is 10.5 Å². The molecule has 0 saturated heterocycles. The Kier molecular flexibility index (Phi) is 3.90. The van der Waals surface area contributed by atoms with Gasteiger partial charge in [-0.3, -0.25) is 10.1 Å². The molecule has 0 aliphatic heterocycles. The second-order valence-corrected chi connectivity index (χ2v) is 4.91. The minimum absolute atomic E-state index is 0.0254. The van der Waals surface area contributed by atoms with Crippen LogP contribution in [-0.4, -0.2) is 4.92 Å². The molecule has 0 amide bonds. The third kappa shape index (κ3) is 2.89. The average Bonchev–Trinajstić information content (AvgIpc) is 2.93. The lowest BCUT2D eigenvalue weighted by Gasteiger charge is -1.96. The van der Waals surface area contributed by atoms with Gasteiger partial charge in [0, 0.05) is 21.9 Å². The second kappa shape index (κ2) is 5.79. The highest BCUT2D eigenvalue weighted by atomic mass is 32.1. The normalized spacial score (nSPS) is 9.30. The van der Waals surface area contributed by atoms with E-state index in [0.717, 1.165) is 15.3 Å². The van der Waals surface area contributed by atoms with E-state index in [9.17, 15) is 10.1 Å². The Bertz CT molecular complexity index is 762. The molecule has 96 valence electrons. The molecular weight excluding hydrogens is 274 g/mol. The van der Waals surface area contributed by atoms with Gasteiger partial charge in [-0.05, 0) is 23.8 Å². The van der Waals surface area contributed by atoms with Gasteiger partial charge in [0.05, 0.1) is 4.92 Å². The molecule has 0 unspecified atom stereocenters. The van der Waals surface area contributed by atoms with Crippen LogP contribution in [0.15, 0.2) is 42.0 Å². The highest BCUT2D eigenvalue weighted by Crippen LogP contribution is 2.31. The molecule has 5 nitrogen and oxygen atoms in total. The summed E-state index contributed by atoms with van der Waals surface area (Å²) in [5, 5.41) is 28.1. The minimum Gasteiger partial charge on any atom is -0.258 e. The van der Waals surface area contributed by atoms with Crippen molar-refractivity contribution in [3.8, 4) is 22.6 Å². The van der Waals surface area contributed by atoms with Gasteiger partial charge < -0.3 is 0 Å². The Morgan fingerprint density at radius 1 is 1.25 bits per heavy atom. The summed E-state index contributed by atoms with van der Waals surface area (Å²) in [6, 6.07) is 13.5. The second-order valence-electron chi connectivity index (χ2n) is 3.79. The number of allylic oxidation sites excluding steroid dienone is 1. The van der Waals surface area contributed by atoms with Crippen molar-refractivity contribution in [1.82, 2.24) is 0 Å². The fraction of sp³-hybridized carbons (Fsp3) is 0. The number of benzene rings is 1. The van der Waals surface area contributed by atoms with Crippen LogP contribution >= 0.6 is 11.3 Å². The lowest BCUT2D eigenvalue weighted by atomic mass is 10.1. The highest BCUT2D eigenvalue weighted by Gasteiger charge is 2.08. The summed E-state index contributed by atoms with van der Waals surface area (Å²) < 4.78 is 0. The van der Waals surface area contributed by atoms with E-state index in [1.165, 1.54) is 29.5 Å². The van der Waals surface area contributed by atoms with E-state index in [0.29, 0.717) is 0 Å². The van der Waals surface area contributed by atoms with E-state index in [2.05, 4.69) is 0 Å². The van der Waals surface area contributed by atoms with E-state index in [4.69, 9.17) is 10.5 Å². The lowest BCUT2D eigenvalue weighted by molar-refractivity contribution is -0.384. The topological polar surface area (TPSA) is 90.7 Å². The number of nitro groups is 1. The molecule has 0 aliphatic rings. The number of hydrogen-bond acceptors (Lipinski definition) is 5. The van der Waals surface area contributed by atoms with Crippen molar-refractivity contribution in [3.63, 3.8) is 0 Å². The molecule has 0 aliphatic carbocycles. The molecular formula is C14H7N3O2S.